The molecule has 1 aliphatic heterocycles. The van der Waals surface area contributed by atoms with Crippen LogP contribution in [0.3, 0.4) is 0 Å². The maximum atomic E-state index is 13.0. The number of hydrogen-bond acceptors (Lipinski definition) is 5. The van der Waals surface area contributed by atoms with Gasteiger partial charge < -0.3 is 15.5 Å². The summed E-state index contributed by atoms with van der Waals surface area (Å²) in [5, 5.41) is 0. The van der Waals surface area contributed by atoms with Crippen molar-refractivity contribution in [2.75, 3.05) is 31.9 Å². The third-order valence-corrected chi connectivity index (χ3v) is 4.81. The lowest BCUT2D eigenvalue weighted by Gasteiger charge is -2.38. The topological polar surface area (TPSA) is 92.4 Å². The lowest BCUT2D eigenvalue weighted by Crippen LogP contribution is -2.54. The third kappa shape index (κ3) is 3.37. The predicted molar refractivity (Wildman–Crippen MR) is 98.4 cm³/mol. The van der Waals surface area contributed by atoms with E-state index in [9.17, 15) is 9.59 Å². The van der Waals surface area contributed by atoms with Crippen molar-refractivity contribution in [3.05, 3.63) is 54.0 Å². The van der Waals surface area contributed by atoms with Gasteiger partial charge in [-0.25, -0.2) is 9.97 Å². The van der Waals surface area contributed by atoms with Gasteiger partial charge in [0.1, 0.15) is 0 Å². The molecule has 7 nitrogen and oxygen atoms in total. The largest absolute Gasteiger partial charge is 0.382 e. The van der Waals surface area contributed by atoms with Gasteiger partial charge in [0.2, 0.25) is 5.91 Å². The Morgan fingerprint density at radius 1 is 0.962 bits per heavy atom. The first-order valence-corrected chi connectivity index (χ1v) is 8.62. The Labute approximate surface area is 152 Å². The first kappa shape index (κ1) is 17.8. The summed E-state index contributed by atoms with van der Waals surface area (Å²) in [7, 11) is 0. The normalized spacial score (nSPS) is 15.0. The molecule has 1 aliphatic rings. The van der Waals surface area contributed by atoms with Crippen LogP contribution in [0.25, 0.3) is 0 Å². The van der Waals surface area contributed by atoms with Gasteiger partial charge in [-0.1, -0.05) is 30.3 Å². The zero-order valence-corrected chi connectivity index (χ0v) is 15.1. The van der Waals surface area contributed by atoms with E-state index in [1.54, 1.807) is 4.90 Å². The second-order valence-corrected chi connectivity index (χ2v) is 6.87. The average Bonchev–Trinajstić information content (AvgIpc) is 2.68. The van der Waals surface area contributed by atoms with Gasteiger partial charge in [-0.15, -0.1) is 0 Å². The van der Waals surface area contributed by atoms with Crippen LogP contribution in [0.1, 0.15) is 29.9 Å². The van der Waals surface area contributed by atoms with Crippen LogP contribution in [-0.2, 0) is 10.2 Å². The zero-order valence-electron chi connectivity index (χ0n) is 15.1. The van der Waals surface area contributed by atoms with Crippen LogP contribution in [0, 0.1) is 0 Å². The molecule has 2 aromatic rings. The Balaban J connectivity index is 1.66. The highest BCUT2D eigenvalue weighted by atomic mass is 16.2. The quantitative estimate of drug-likeness (QED) is 0.898. The van der Waals surface area contributed by atoms with Crippen LogP contribution in [0.2, 0.25) is 0 Å². The molecule has 0 unspecified atom stereocenters. The second kappa shape index (κ2) is 7.11. The van der Waals surface area contributed by atoms with E-state index in [4.69, 9.17) is 5.73 Å². The number of carbonyl (C=O) groups is 2. The smallest absolute Gasteiger partial charge is 0.276 e. The van der Waals surface area contributed by atoms with E-state index < -0.39 is 5.41 Å². The molecule has 26 heavy (non-hydrogen) atoms. The number of rotatable bonds is 3. The summed E-state index contributed by atoms with van der Waals surface area (Å²) >= 11 is 0. The average molecular weight is 353 g/mol. The lowest BCUT2D eigenvalue weighted by atomic mass is 9.83. The van der Waals surface area contributed by atoms with E-state index >= 15 is 0 Å². The van der Waals surface area contributed by atoms with Gasteiger partial charge in [0.15, 0.2) is 11.5 Å². The number of nitrogen functional groups attached to an aromatic ring is 1. The van der Waals surface area contributed by atoms with Gasteiger partial charge in [-0.3, -0.25) is 9.59 Å². The molecule has 0 spiro atoms. The van der Waals surface area contributed by atoms with Gasteiger partial charge in [0.05, 0.1) is 5.41 Å². The minimum Gasteiger partial charge on any atom is -0.382 e. The van der Waals surface area contributed by atoms with Crippen molar-refractivity contribution in [1.82, 2.24) is 19.8 Å². The Morgan fingerprint density at radius 2 is 1.54 bits per heavy atom. The zero-order chi connectivity index (χ0) is 18.7. The fraction of sp³-hybridized carbons (Fsp3) is 0.368. The molecule has 0 bridgehead atoms. The lowest BCUT2D eigenvalue weighted by molar-refractivity contribution is -0.137. The molecule has 1 fully saturated rings. The van der Waals surface area contributed by atoms with Gasteiger partial charge in [-0.2, -0.15) is 0 Å². The molecular formula is C19H23N5O2. The van der Waals surface area contributed by atoms with Crippen LogP contribution in [0.5, 0.6) is 0 Å². The molecule has 2 amide bonds. The standard InChI is InChI=1S/C19H23N5O2/c1-19(2,14-6-4-3-5-7-14)18(26)24-12-10-23(11-13-24)17(25)15-16(20)22-9-8-21-15/h3-9H,10-13H2,1-2H3,(H2,20,22). The maximum Gasteiger partial charge on any atom is 0.276 e. The van der Waals surface area contributed by atoms with E-state index in [-0.39, 0.29) is 23.3 Å². The predicted octanol–water partition coefficient (Wildman–Crippen LogP) is 1.32. The number of carbonyl (C=O) groups excluding carboxylic acids is 2. The van der Waals surface area contributed by atoms with Crippen molar-refractivity contribution in [2.45, 2.75) is 19.3 Å². The van der Waals surface area contributed by atoms with Crippen molar-refractivity contribution in [2.24, 2.45) is 0 Å². The van der Waals surface area contributed by atoms with E-state index in [0.717, 1.165) is 5.56 Å². The van der Waals surface area contributed by atoms with Gasteiger partial charge in [0, 0.05) is 38.6 Å². The number of anilines is 1. The fourth-order valence-electron chi connectivity index (χ4n) is 3.15. The van der Waals surface area contributed by atoms with Crippen molar-refractivity contribution >= 4 is 17.6 Å². The summed E-state index contributed by atoms with van der Waals surface area (Å²) < 4.78 is 0. The highest BCUT2D eigenvalue weighted by Gasteiger charge is 2.36. The summed E-state index contributed by atoms with van der Waals surface area (Å²) in [6.45, 7) is 5.74. The Hall–Kier alpha value is -2.96. The molecular weight excluding hydrogens is 330 g/mol. The molecule has 2 N–H and O–H groups in total. The fourth-order valence-corrected chi connectivity index (χ4v) is 3.15. The Morgan fingerprint density at radius 3 is 2.15 bits per heavy atom. The SMILES string of the molecule is CC(C)(C(=O)N1CCN(C(=O)c2nccnc2N)CC1)c1ccccc1. The molecule has 1 saturated heterocycles. The Kier molecular flexibility index (Phi) is 4.88. The molecule has 3 rings (SSSR count). The number of hydrogen-bond donors (Lipinski definition) is 1. The molecule has 0 saturated carbocycles. The molecule has 2 heterocycles. The van der Waals surface area contributed by atoms with Crippen molar-refractivity contribution in [3.63, 3.8) is 0 Å². The number of amides is 2. The van der Waals surface area contributed by atoms with Crippen LogP contribution in [0.4, 0.5) is 5.82 Å². The summed E-state index contributed by atoms with van der Waals surface area (Å²) in [6.07, 6.45) is 2.90. The number of piperazine rings is 1. The molecule has 0 atom stereocenters. The van der Waals surface area contributed by atoms with Crippen LogP contribution in [-0.4, -0.2) is 57.8 Å². The minimum absolute atomic E-state index is 0.0646. The first-order chi connectivity index (χ1) is 12.4. The Bertz CT molecular complexity index is 799. The van der Waals surface area contributed by atoms with Gasteiger partial charge in [-0.05, 0) is 19.4 Å². The third-order valence-electron chi connectivity index (χ3n) is 4.81. The van der Waals surface area contributed by atoms with Crippen LogP contribution in [0.15, 0.2) is 42.7 Å². The van der Waals surface area contributed by atoms with E-state index in [1.807, 2.05) is 49.1 Å². The number of nitrogens with two attached hydrogens (primary N) is 1. The number of nitrogens with zero attached hydrogens (tertiary/aromatic N) is 4. The van der Waals surface area contributed by atoms with E-state index in [2.05, 4.69) is 9.97 Å². The second-order valence-electron chi connectivity index (χ2n) is 6.87. The molecule has 0 radical (unpaired) electrons. The summed E-state index contributed by atoms with van der Waals surface area (Å²) in [5.41, 5.74) is 6.28. The summed E-state index contributed by atoms with van der Waals surface area (Å²) in [4.78, 5) is 37.0. The van der Waals surface area contributed by atoms with E-state index in [1.165, 1.54) is 12.4 Å². The molecule has 1 aromatic carbocycles. The molecule has 136 valence electrons. The molecule has 7 heteroatoms. The number of benzene rings is 1. The first-order valence-electron chi connectivity index (χ1n) is 8.62. The van der Waals surface area contributed by atoms with Crippen molar-refractivity contribution in [1.29, 1.82) is 0 Å². The summed E-state index contributed by atoms with van der Waals surface area (Å²) in [5.74, 6) is -0.0546. The van der Waals surface area contributed by atoms with Crippen LogP contribution < -0.4 is 5.73 Å². The van der Waals surface area contributed by atoms with Crippen molar-refractivity contribution in [3.8, 4) is 0 Å². The molecule has 1 aromatic heterocycles. The minimum atomic E-state index is -0.608. The monoisotopic (exact) mass is 353 g/mol. The molecule has 0 aliphatic carbocycles. The highest BCUT2D eigenvalue weighted by molar-refractivity contribution is 5.96. The van der Waals surface area contributed by atoms with Crippen molar-refractivity contribution < 1.29 is 9.59 Å². The van der Waals surface area contributed by atoms with Gasteiger partial charge >= 0.3 is 0 Å². The summed E-state index contributed by atoms with van der Waals surface area (Å²) in [6, 6.07) is 9.74. The highest BCUT2D eigenvalue weighted by Crippen LogP contribution is 2.26. The maximum absolute atomic E-state index is 13.0. The number of aromatic nitrogens is 2. The van der Waals surface area contributed by atoms with Crippen LogP contribution >= 0.6 is 0 Å². The van der Waals surface area contributed by atoms with E-state index in [0.29, 0.717) is 26.2 Å². The van der Waals surface area contributed by atoms with Gasteiger partial charge in [0.25, 0.3) is 5.91 Å².